The zero-order valence-corrected chi connectivity index (χ0v) is 39.0. The second-order valence-electron chi connectivity index (χ2n) is 17.9. The number of carbonyl (C=O) groups excluding carboxylic acids is 2. The van der Waals surface area contributed by atoms with Crippen molar-refractivity contribution in [2.24, 2.45) is 0 Å². The van der Waals surface area contributed by atoms with Gasteiger partial charge in [0.05, 0.1) is 25.4 Å². The Kier molecular flexibility index (Phi) is 47.1. The lowest BCUT2D eigenvalue weighted by Gasteiger charge is -2.22. The smallest absolute Gasteiger partial charge is 0.305 e. The first-order valence-corrected chi connectivity index (χ1v) is 25.9. The van der Waals surface area contributed by atoms with Crippen LogP contribution in [-0.4, -0.2) is 47.4 Å². The van der Waals surface area contributed by atoms with E-state index in [1.807, 2.05) is 0 Å². The van der Waals surface area contributed by atoms with E-state index in [4.69, 9.17) is 4.74 Å². The number of unbranched alkanes of at least 4 members (excludes halogenated alkanes) is 35. The summed E-state index contributed by atoms with van der Waals surface area (Å²) in [5, 5.41) is 23.1. The van der Waals surface area contributed by atoms with Gasteiger partial charge in [-0.3, -0.25) is 9.59 Å². The van der Waals surface area contributed by atoms with Crippen LogP contribution in [0, 0.1) is 0 Å². The van der Waals surface area contributed by atoms with Crippen molar-refractivity contribution in [3.63, 3.8) is 0 Å². The maximum Gasteiger partial charge on any atom is 0.305 e. The first-order valence-electron chi connectivity index (χ1n) is 25.9. The molecule has 0 aromatic rings. The van der Waals surface area contributed by atoms with Gasteiger partial charge in [-0.2, -0.15) is 0 Å². The summed E-state index contributed by atoms with van der Waals surface area (Å²) in [6.07, 6.45) is 54.7. The number of carbonyl (C=O) groups is 2. The van der Waals surface area contributed by atoms with Gasteiger partial charge in [-0.05, 0) is 51.4 Å². The molecule has 58 heavy (non-hydrogen) atoms. The molecule has 0 heterocycles. The minimum atomic E-state index is -0.664. The van der Waals surface area contributed by atoms with Crippen molar-refractivity contribution >= 4 is 11.9 Å². The maximum absolute atomic E-state index is 12.4. The molecule has 2 unspecified atom stereocenters. The predicted molar refractivity (Wildman–Crippen MR) is 250 cm³/mol. The summed E-state index contributed by atoms with van der Waals surface area (Å²) in [7, 11) is 0. The zero-order chi connectivity index (χ0) is 42.3. The van der Waals surface area contributed by atoms with Crippen molar-refractivity contribution in [2.45, 2.75) is 296 Å². The van der Waals surface area contributed by atoms with Gasteiger partial charge < -0.3 is 20.3 Å². The van der Waals surface area contributed by atoms with Gasteiger partial charge in [-0.1, -0.05) is 231 Å². The number of allylic oxidation sites excluding steroid dienone is 2. The Labute approximate surface area is 361 Å². The molecule has 0 bridgehead atoms. The van der Waals surface area contributed by atoms with E-state index in [1.54, 1.807) is 0 Å². The fourth-order valence-electron chi connectivity index (χ4n) is 8.05. The van der Waals surface area contributed by atoms with Gasteiger partial charge in [-0.25, -0.2) is 0 Å². The molecule has 1 amide bonds. The Hall–Kier alpha value is -1.40. The van der Waals surface area contributed by atoms with Crippen LogP contribution in [0.2, 0.25) is 0 Å². The number of nitrogens with one attached hydrogen (secondary N) is 1. The Morgan fingerprint density at radius 3 is 1.24 bits per heavy atom. The predicted octanol–water partition coefficient (Wildman–Crippen LogP) is 15.3. The molecule has 0 aromatic heterocycles. The summed E-state index contributed by atoms with van der Waals surface area (Å²) < 4.78 is 5.46. The SMILES string of the molecule is CCCCCC/C=C\CCCCCCCC(=O)OCCCCCCCCCCCCCCCCCCCCC(=O)NC(CO)C(O)CCCCCCCCCCCC. The molecule has 0 aromatic carbocycles. The molecule has 0 aliphatic rings. The topological polar surface area (TPSA) is 95.9 Å². The largest absolute Gasteiger partial charge is 0.466 e. The average molecular weight is 820 g/mol. The summed E-state index contributed by atoms with van der Waals surface area (Å²) in [6.45, 7) is 4.91. The van der Waals surface area contributed by atoms with Crippen molar-refractivity contribution in [3.8, 4) is 0 Å². The van der Waals surface area contributed by atoms with Crippen molar-refractivity contribution < 1.29 is 24.5 Å². The summed E-state index contributed by atoms with van der Waals surface area (Å²) in [5.74, 6) is -0.0425. The van der Waals surface area contributed by atoms with Gasteiger partial charge in [0.25, 0.3) is 0 Å². The number of rotatable bonds is 48. The lowest BCUT2D eigenvalue weighted by atomic mass is 10.0. The van der Waals surface area contributed by atoms with E-state index in [9.17, 15) is 19.8 Å². The highest BCUT2D eigenvalue weighted by atomic mass is 16.5. The van der Waals surface area contributed by atoms with Crippen LogP contribution in [0.4, 0.5) is 0 Å². The molecule has 0 fully saturated rings. The number of esters is 1. The number of ether oxygens (including phenoxy) is 1. The quantitative estimate of drug-likeness (QED) is 0.0323. The highest BCUT2D eigenvalue weighted by Gasteiger charge is 2.20. The maximum atomic E-state index is 12.4. The third-order valence-corrected chi connectivity index (χ3v) is 12.1. The molecule has 0 rings (SSSR count). The Bertz CT molecular complexity index is 863. The Morgan fingerprint density at radius 2 is 0.810 bits per heavy atom. The van der Waals surface area contributed by atoms with Crippen molar-refractivity contribution in [3.05, 3.63) is 12.2 Å². The normalized spacial score (nSPS) is 12.7. The first kappa shape index (κ1) is 56.6. The van der Waals surface area contributed by atoms with Crippen LogP contribution in [0.25, 0.3) is 0 Å². The van der Waals surface area contributed by atoms with Gasteiger partial charge in [-0.15, -0.1) is 0 Å². The molecule has 3 N–H and O–H groups in total. The lowest BCUT2D eigenvalue weighted by molar-refractivity contribution is -0.143. The molecular formula is C52H101NO5. The molecular weight excluding hydrogens is 719 g/mol. The second kappa shape index (κ2) is 48.3. The van der Waals surface area contributed by atoms with Crippen LogP contribution >= 0.6 is 0 Å². The van der Waals surface area contributed by atoms with Crippen molar-refractivity contribution in [2.75, 3.05) is 13.2 Å². The highest BCUT2D eigenvalue weighted by Crippen LogP contribution is 2.17. The number of hydrogen-bond acceptors (Lipinski definition) is 5. The van der Waals surface area contributed by atoms with Crippen LogP contribution < -0.4 is 5.32 Å². The molecule has 344 valence electrons. The van der Waals surface area contributed by atoms with E-state index in [1.165, 1.54) is 205 Å². The van der Waals surface area contributed by atoms with Gasteiger partial charge in [0, 0.05) is 12.8 Å². The minimum Gasteiger partial charge on any atom is -0.466 e. The molecule has 2 atom stereocenters. The molecule has 0 spiro atoms. The average Bonchev–Trinajstić information content (AvgIpc) is 3.22. The third kappa shape index (κ3) is 44.2. The molecule has 0 radical (unpaired) electrons. The van der Waals surface area contributed by atoms with Gasteiger partial charge in [0.1, 0.15) is 0 Å². The minimum absolute atomic E-state index is 0.00203. The molecule has 6 nitrogen and oxygen atoms in total. The third-order valence-electron chi connectivity index (χ3n) is 12.1. The second-order valence-corrected chi connectivity index (χ2v) is 17.9. The number of aliphatic hydroxyl groups is 2. The number of hydrogen-bond donors (Lipinski definition) is 3. The van der Waals surface area contributed by atoms with E-state index in [0.29, 0.717) is 25.9 Å². The fourth-order valence-corrected chi connectivity index (χ4v) is 8.05. The van der Waals surface area contributed by atoms with E-state index in [2.05, 4.69) is 31.3 Å². The van der Waals surface area contributed by atoms with Gasteiger partial charge >= 0.3 is 5.97 Å². The van der Waals surface area contributed by atoms with E-state index in [-0.39, 0.29) is 18.5 Å². The fraction of sp³-hybridized carbons (Fsp3) is 0.923. The first-order chi connectivity index (χ1) is 28.5. The lowest BCUT2D eigenvalue weighted by Crippen LogP contribution is -2.45. The number of aliphatic hydroxyl groups excluding tert-OH is 2. The monoisotopic (exact) mass is 820 g/mol. The molecule has 0 saturated heterocycles. The standard InChI is InChI=1S/C52H101NO5/c1-3-5-7-9-11-13-15-22-26-30-34-38-42-46-52(57)58-47-43-39-35-31-27-24-21-19-17-16-18-20-23-25-29-33-37-41-45-51(56)53-49(48-54)50(55)44-40-36-32-28-14-12-10-8-6-4-2/h13,15,49-50,54-55H,3-12,14,16-48H2,1-2H3,(H,53,56)/b15-13-. The van der Waals surface area contributed by atoms with Crippen LogP contribution in [0.1, 0.15) is 284 Å². The summed E-state index contributed by atoms with van der Waals surface area (Å²) in [5.41, 5.74) is 0. The molecule has 0 aliphatic carbocycles. The molecule has 6 heteroatoms. The van der Waals surface area contributed by atoms with Gasteiger partial charge in [0.15, 0.2) is 0 Å². The van der Waals surface area contributed by atoms with Crippen LogP contribution in [-0.2, 0) is 14.3 Å². The summed E-state index contributed by atoms with van der Waals surface area (Å²) in [4.78, 5) is 24.4. The Morgan fingerprint density at radius 1 is 0.466 bits per heavy atom. The van der Waals surface area contributed by atoms with Crippen molar-refractivity contribution in [1.82, 2.24) is 5.32 Å². The zero-order valence-electron chi connectivity index (χ0n) is 39.0. The summed E-state index contributed by atoms with van der Waals surface area (Å²) in [6, 6.07) is -0.542. The summed E-state index contributed by atoms with van der Waals surface area (Å²) >= 11 is 0. The van der Waals surface area contributed by atoms with Crippen LogP contribution in [0.3, 0.4) is 0 Å². The van der Waals surface area contributed by atoms with E-state index < -0.39 is 12.1 Å². The molecule has 0 saturated carbocycles. The van der Waals surface area contributed by atoms with E-state index >= 15 is 0 Å². The molecule has 0 aliphatic heterocycles. The van der Waals surface area contributed by atoms with Crippen molar-refractivity contribution in [1.29, 1.82) is 0 Å². The van der Waals surface area contributed by atoms with E-state index in [0.717, 1.165) is 44.9 Å². The van der Waals surface area contributed by atoms with Gasteiger partial charge in [0.2, 0.25) is 5.91 Å². The highest BCUT2D eigenvalue weighted by molar-refractivity contribution is 5.76. The van der Waals surface area contributed by atoms with Crippen LogP contribution in [0.15, 0.2) is 12.2 Å². The van der Waals surface area contributed by atoms with Crippen LogP contribution in [0.5, 0.6) is 0 Å². The number of amides is 1. The Balaban J connectivity index is 3.39.